The Hall–Kier alpha value is -2.77. The van der Waals surface area contributed by atoms with Crippen LogP contribution in [0.4, 0.5) is 9.59 Å². The van der Waals surface area contributed by atoms with Crippen molar-refractivity contribution in [2.75, 3.05) is 13.1 Å². The monoisotopic (exact) mass is 364 g/mol. The zero-order chi connectivity index (χ0) is 19.7. The molecule has 0 aliphatic heterocycles. The normalized spacial score (nSPS) is 12.0. The highest BCUT2D eigenvalue weighted by molar-refractivity contribution is 5.79. The molecule has 8 heteroatoms. The number of nitrogens with two attached hydrogens (primary N) is 1. The van der Waals surface area contributed by atoms with Crippen molar-refractivity contribution in [3.63, 3.8) is 0 Å². The number of rotatable bonds is 7. The number of aryl methyl sites for hydroxylation is 1. The molecule has 1 atom stereocenters. The number of carbonyl (C=O) groups excluding carboxylic acids is 3. The van der Waals surface area contributed by atoms with Crippen LogP contribution in [0.1, 0.15) is 44.4 Å². The maximum atomic E-state index is 12.1. The summed E-state index contributed by atoms with van der Waals surface area (Å²) in [5, 5.41) is 7.84. The number of primary amides is 1. The number of alkyl carbamates (subject to hydrolysis) is 1. The number of ether oxygens (including phenoxy) is 1. The van der Waals surface area contributed by atoms with E-state index < -0.39 is 23.8 Å². The van der Waals surface area contributed by atoms with Gasteiger partial charge in [0.1, 0.15) is 5.60 Å². The second-order valence-electron chi connectivity index (χ2n) is 6.90. The van der Waals surface area contributed by atoms with Gasteiger partial charge in [0, 0.05) is 13.1 Å². The molecule has 5 N–H and O–H groups in total. The fourth-order valence-corrected chi connectivity index (χ4v) is 2.33. The van der Waals surface area contributed by atoms with Crippen LogP contribution in [0.5, 0.6) is 0 Å². The van der Waals surface area contributed by atoms with Gasteiger partial charge in [-0.25, -0.2) is 9.59 Å². The minimum absolute atomic E-state index is 0.0419. The lowest BCUT2D eigenvalue weighted by molar-refractivity contribution is -0.121. The van der Waals surface area contributed by atoms with Crippen molar-refractivity contribution in [3.05, 3.63) is 35.4 Å². The average molecular weight is 364 g/mol. The lowest BCUT2D eigenvalue weighted by atomic mass is 9.98. The van der Waals surface area contributed by atoms with E-state index in [0.29, 0.717) is 0 Å². The summed E-state index contributed by atoms with van der Waals surface area (Å²) in [7, 11) is 0. The van der Waals surface area contributed by atoms with Gasteiger partial charge in [-0.2, -0.15) is 0 Å². The number of hydrogen-bond acceptors (Lipinski definition) is 4. The first kappa shape index (κ1) is 21.3. The number of benzene rings is 1. The molecule has 1 aromatic rings. The van der Waals surface area contributed by atoms with Gasteiger partial charge in [-0.15, -0.1) is 0 Å². The summed E-state index contributed by atoms with van der Waals surface area (Å²) in [6.45, 7) is 7.69. The van der Waals surface area contributed by atoms with Crippen LogP contribution in [0, 0.1) is 6.92 Å². The van der Waals surface area contributed by atoms with Gasteiger partial charge in [-0.1, -0.05) is 24.3 Å². The topological polar surface area (TPSA) is 123 Å². The number of hydrogen-bond donors (Lipinski definition) is 4. The standard InChI is InChI=1S/C18H28N4O4/c1-12-7-5-6-8-13(12)14(22-16(19)24)11-15(23)20-9-10-21-17(25)26-18(2,3)4/h5-8,14H,9-11H2,1-4H3,(H,20,23)(H,21,25)(H3,19,22,24). The molecule has 26 heavy (non-hydrogen) atoms. The van der Waals surface area contributed by atoms with Crippen molar-refractivity contribution in [1.82, 2.24) is 16.0 Å². The van der Waals surface area contributed by atoms with Gasteiger partial charge in [-0.05, 0) is 38.8 Å². The average Bonchev–Trinajstić information content (AvgIpc) is 2.49. The summed E-state index contributed by atoms with van der Waals surface area (Å²) in [5.74, 6) is -0.266. The maximum Gasteiger partial charge on any atom is 0.407 e. The van der Waals surface area contributed by atoms with E-state index in [1.807, 2.05) is 31.2 Å². The van der Waals surface area contributed by atoms with Crippen LogP contribution < -0.4 is 21.7 Å². The first-order valence-corrected chi connectivity index (χ1v) is 8.43. The molecule has 0 aliphatic rings. The highest BCUT2D eigenvalue weighted by atomic mass is 16.6. The lowest BCUT2D eigenvalue weighted by Crippen LogP contribution is -2.40. The van der Waals surface area contributed by atoms with Gasteiger partial charge in [0.2, 0.25) is 5.91 Å². The predicted octanol–water partition coefficient (Wildman–Crippen LogP) is 1.74. The Labute approximate surface area is 153 Å². The fraction of sp³-hybridized carbons (Fsp3) is 0.500. The van der Waals surface area contributed by atoms with Crippen molar-refractivity contribution in [3.8, 4) is 0 Å². The van der Waals surface area contributed by atoms with Gasteiger partial charge in [-0.3, -0.25) is 4.79 Å². The molecular weight excluding hydrogens is 336 g/mol. The molecule has 0 heterocycles. The second kappa shape index (κ2) is 9.65. The summed E-state index contributed by atoms with van der Waals surface area (Å²) in [6, 6.07) is 6.23. The van der Waals surface area contributed by atoms with Crippen LogP contribution in [-0.4, -0.2) is 36.7 Å². The number of urea groups is 1. The Morgan fingerprint density at radius 1 is 1.12 bits per heavy atom. The van der Waals surface area contributed by atoms with Crippen LogP contribution in [0.25, 0.3) is 0 Å². The predicted molar refractivity (Wildman–Crippen MR) is 98.5 cm³/mol. The Morgan fingerprint density at radius 2 is 1.73 bits per heavy atom. The van der Waals surface area contributed by atoms with Crippen molar-refractivity contribution < 1.29 is 19.1 Å². The molecule has 0 saturated carbocycles. The molecule has 4 amide bonds. The number of amides is 4. The highest BCUT2D eigenvalue weighted by Crippen LogP contribution is 2.20. The van der Waals surface area contributed by atoms with Crippen molar-refractivity contribution >= 4 is 18.0 Å². The fourth-order valence-electron chi connectivity index (χ4n) is 2.33. The van der Waals surface area contributed by atoms with Gasteiger partial charge in [0.15, 0.2) is 0 Å². The smallest absolute Gasteiger partial charge is 0.407 e. The Kier molecular flexibility index (Phi) is 7.89. The summed E-state index contributed by atoms with van der Waals surface area (Å²) in [5.41, 5.74) is 6.42. The number of carbonyl (C=O) groups is 3. The Morgan fingerprint density at radius 3 is 2.31 bits per heavy atom. The molecule has 0 aromatic heterocycles. The summed E-state index contributed by atoms with van der Waals surface area (Å²) in [4.78, 5) is 34.9. The molecule has 8 nitrogen and oxygen atoms in total. The van der Waals surface area contributed by atoms with E-state index in [1.54, 1.807) is 20.8 Å². The third-order valence-electron chi connectivity index (χ3n) is 3.39. The molecule has 1 aromatic carbocycles. The van der Waals surface area contributed by atoms with Gasteiger partial charge >= 0.3 is 12.1 Å². The van der Waals surface area contributed by atoms with E-state index >= 15 is 0 Å². The van der Waals surface area contributed by atoms with Crippen LogP contribution in [-0.2, 0) is 9.53 Å². The van der Waals surface area contributed by atoms with E-state index in [4.69, 9.17) is 10.5 Å². The van der Waals surface area contributed by atoms with Crippen molar-refractivity contribution in [2.24, 2.45) is 5.73 Å². The molecule has 0 spiro atoms. The molecule has 0 fully saturated rings. The Bertz CT molecular complexity index is 640. The SMILES string of the molecule is Cc1ccccc1C(CC(=O)NCCNC(=O)OC(C)(C)C)NC(N)=O. The van der Waals surface area contributed by atoms with Gasteiger partial charge < -0.3 is 26.4 Å². The second-order valence-corrected chi connectivity index (χ2v) is 6.90. The molecular formula is C18H28N4O4. The molecule has 0 saturated heterocycles. The van der Waals surface area contributed by atoms with E-state index in [0.717, 1.165) is 11.1 Å². The highest BCUT2D eigenvalue weighted by Gasteiger charge is 2.19. The zero-order valence-electron chi connectivity index (χ0n) is 15.7. The summed E-state index contributed by atoms with van der Waals surface area (Å²) in [6.07, 6.45) is -0.500. The molecule has 0 radical (unpaired) electrons. The maximum absolute atomic E-state index is 12.1. The first-order valence-electron chi connectivity index (χ1n) is 8.43. The van der Waals surface area contributed by atoms with Gasteiger partial charge in [0.05, 0.1) is 12.5 Å². The summed E-state index contributed by atoms with van der Waals surface area (Å²) < 4.78 is 5.10. The van der Waals surface area contributed by atoms with Crippen LogP contribution in [0.2, 0.25) is 0 Å². The Balaban J connectivity index is 2.49. The van der Waals surface area contributed by atoms with E-state index in [1.165, 1.54) is 0 Å². The van der Waals surface area contributed by atoms with Crippen LogP contribution >= 0.6 is 0 Å². The van der Waals surface area contributed by atoms with Crippen molar-refractivity contribution in [1.29, 1.82) is 0 Å². The van der Waals surface area contributed by atoms with Crippen LogP contribution in [0.15, 0.2) is 24.3 Å². The zero-order valence-corrected chi connectivity index (χ0v) is 15.7. The lowest BCUT2D eigenvalue weighted by Gasteiger charge is -2.20. The molecule has 144 valence electrons. The van der Waals surface area contributed by atoms with Gasteiger partial charge in [0.25, 0.3) is 0 Å². The molecule has 1 rings (SSSR count). The minimum Gasteiger partial charge on any atom is -0.444 e. The third kappa shape index (κ3) is 8.36. The van der Waals surface area contributed by atoms with E-state index in [-0.39, 0.29) is 25.4 Å². The molecule has 0 aliphatic carbocycles. The largest absolute Gasteiger partial charge is 0.444 e. The third-order valence-corrected chi connectivity index (χ3v) is 3.39. The summed E-state index contributed by atoms with van der Waals surface area (Å²) >= 11 is 0. The minimum atomic E-state index is -0.697. The first-order chi connectivity index (χ1) is 12.1. The molecule has 1 unspecified atom stereocenters. The quantitative estimate of drug-likeness (QED) is 0.550. The molecule has 0 bridgehead atoms. The van der Waals surface area contributed by atoms with Crippen LogP contribution in [0.3, 0.4) is 0 Å². The van der Waals surface area contributed by atoms with Crippen molar-refractivity contribution in [2.45, 2.75) is 45.8 Å². The van der Waals surface area contributed by atoms with E-state index in [2.05, 4.69) is 16.0 Å². The number of nitrogens with one attached hydrogen (secondary N) is 3. The van der Waals surface area contributed by atoms with E-state index in [9.17, 15) is 14.4 Å².